The van der Waals surface area contributed by atoms with E-state index in [-0.39, 0.29) is 18.9 Å². The fourth-order valence-electron chi connectivity index (χ4n) is 1.86. The number of benzene rings is 1. The molecule has 1 rings (SSSR count). The summed E-state index contributed by atoms with van der Waals surface area (Å²) >= 11 is 12.0. The average molecular weight is 348 g/mol. The van der Waals surface area contributed by atoms with E-state index in [1.54, 1.807) is 12.1 Å². The van der Waals surface area contributed by atoms with Gasteiger partial charge in [0.05, 0.1) is 23.8 Å². The molecule has 0 unspecified atom stereocenters. The van der Waals surface area contributed by atoms with Crippen molar-refractivity contribution >= 4 is 35.1 Å². The monoisotopic (exact) mass is 347 g/mol. The van der Waals surface area contributed by atoms with Crippen molar-refractivity contribution in [3.8, 4) is 0 Å². The predicted octanol–water partition coefficient (Wildman–Crippen LogP) is 2.57. The molecule has 122 valence electrons. The average Bonchev–Trinajstić information content (AvgIpc) is 2.52. The first-order valence-corrected chi connectivity index (χ1v) is 7.51. The summed E-state index contributed by atoms with van der Waals surface area (Å²) in [7, 11) is 2.82. The maximum Gasteiger partial charge on any atom is 0.325 e. The number of aryl methyl sites for hydroxylation is 1. The van der Waals surface area contributed by atoms with E-state index in [9.17, 15) is 9.59 Å². The van der Waals surface area contributed by atoms with Crippen LogP contribution in [0.15, 0.2) is 18.2 Å². The molecule has 0 aliphatic rings. The van der Waals surface area contributed by atoms with Gasteiger partial charge in [-0.15, -0.1) is 0 Å². The molecule has 0 bridgehead atoms. The summed E-state index contributed by atoms with van der Waals surface area (Å²) < 4.78 is 9.55. The van der Waals surface area contributed by atoms with Crippen LogP contribution in [0.3, 0.4) is 0 Å². The first kappa shape index (κ1) is 18.7. The summed E-state index contributed by atoms with van der Waals surface area (Å²) in [4.78, 5) is 25.0. The van der Waals surface area contributed by atoms with Gasteiger partial charge in [0.15, 0.2) is 0 Å². The van der Waals surface area contributed by atoms with Crippen LogP contribution in [-0.4, -0.2) is 50.7 Å². The molecule has 0 aliphatic carbocycles. The normalized spacial score (nSPS) is 10.4. The zero-order valence-corrected chi connectivity index (χ0v) is 14.1. The van der Waals surface area contributed by atoms with Crippen molar-refractivity contribution in [3.63, 3.8) is 0 Å². The molecule has 0 aromatic heterocycles. The van der Waals surface area contributed by atoms with Crippen LogP contribution in [0.2, 0.25) is 10.0 Å². The lowest BCUT2D eigenvalue weighted by Gasteiger charge is -2.21. The van der Waals surface area contributed by atoms with E-state index >= 15 is 0 Å². The highest BCUT2D eigenvalue weighted by Gasteiger charge is 2.18. The predicted molar refractivity (Wildman–Crippen MR) is 85.3 cm³/mol. The first-order valence-electron chi connectivity index (χ1n) is 6.76. The van der Waals surface area contributed by atoms with Crippen molar-refractivity contribution in [3.05, 3.63) is 33.8 Å². The summed E-state index contributed by atoms with van der Waals surface area (Å²) in [6, 6.07) is 5.30. The summed E-state index contributed by atoms with van der Waals surface area (Å²) in [6.45, 7) is 0.580. The Labute approximate surface area is 140 Å². The van der Waals surface area contributed by atoms with Crippen LogP contribution in [-0.2, 0) is 25.5 Å². The van der Waals surface area contributed by atoms with Gasteiger partial charge in [-0.25, -0.2) is 0 Å². The third-order valence-electron chi connectivity index (χ3n) is 3.11. The Morgan fingerprint density at radius 1 is 1.23 bits per heavy atom. The Balaban J connectivity index is 2.65. The van der Waals surface area contributed by atoms with Gasteiger partial charge in [-0.2, -0.15) is 0 Å². The van der Waals surface area contributed by atoms with Gasteiger partial charge < -0.3 is 14.4 Å². The van der Waals surface area contributed by atoms with E-state index in [0.717, 1.165) is 5.56 Å². The second kappa shape index (κ2) is 9.66. The summed E-state index contributed by atoms with van der Waals surface area (Å²) in [5.74, 6) is -0.635. The van der Waals surface area contributed by atoms with Gasteiger partial charge in [-0.05, 0) is 18.1 Å². The molecule has 0 N–H and O–H groups in total. The van der Waals surface area contributed by atoms with Crippen LogP contribution in [0.25, 0.3) is 0 Å². The lowest BCUT2D eigenvalue weighted by atomic mass is 10.1. The summed E-state index contributed by atoms with van der Waals surface area (Å²) in [5, 5.41) is 0.908. The summed E-state index contributed by atoms with van der Waals surface area (Å²) in [5.41, 5.74) is 0.798. The number of rotatable bonds is 8. The van der Waals surface area contributed by atoms with Gasteiger partial charge in [-0.1, -0.05) is 35.3 Å². The van der Waals surface area contributed by atoms with Gasteiger partial charge in [-0.3, -0.25) is 9.59 Å². The topological polar surface area (TPSA) is 55.8 Å². The van der Waals surface area contributed by atoms with Crippen LogP contribution >= 0.6 is 23.2 Å². The molecule has 0 radical (unpaired) electrons. The van der Waals surface area contributed by atoms with Gasteiger partial charge >= 0.3 is 5.97 Å². The van der Waals surface area contributed by atoms with E-state index in [0.29, 0.717) is 29.6 Å². The number of hydrogen-bond acceptors (Lipinski definition) is 4. The van der Waals surface area contributed by atoms with Gasteiger partial charge in [0, 0.05) is 20.1 Å². The van der Waals surface area contributed by atoms with E-state index in [1.165, 1.54) is 19.1 Å². The molecule has 0 aliphatic heterocycles. The molecular formula is C15H19Cl2NO4. The lowest BCUT2D eigenvalue weighted by Crippen LogP contribution is -2.38. The third kappa shape index (κ3) is 5.83. The van der Waals surface area contributed by atoms with Crippen LogP contribution in [0.1, 0.15) is 12.0 Å². The fourth-order valence-corrected chi connectivity index (χ4v) is 2.27. The molecular weight excluding hydrogens is 329 g/mol. The molecule has 0 saturated carbocycles. The highest BCUT2D eigenvalue weighted by atomic mass is 35.5. The number of carbonyl (C=O) groups excluding carboxylic acids is 2. The van der Waals surface area contributed by atoms with Gasteiger partial charge in [0.2, 0.25) is 5.91 Å². The van der Waals surface area contributed by atoms with Crippen molar-refractivity contribution < 1.29 is 19.1 Å². The molecule has 0 atom stereocenters. The number of amides is 1. The smallest absolute Gasteiger partial charge is 0.325 e. The molecule has 1 aromatic carbocycles. The maximum atomic E-state index is 12.3. The number of esters is 1. The van der Waals surface area contributed by atoms with Crippen LogP contribution in [0.4, 0.5) is 0 Å². The molecule has 0 fully saturated rings. The molecule has 0 saturated heterocycles. The highest BCUT2D eigenvalue weighted by Crippen LogP contribution is 2.26. The Bertz CT molecular complexity index is 522. The third-order valence-corrected chi connectivity index (χ3v) is 3.96. The minimum absolute atomic E-state index is 0.0953. The van der Waals surface area contributed by atoms with E-state index < -0.39 is 5.97 Å². The molecule has 1 aromatic rings. The Hall–Kier alpha value is -1.30. The minimum atomic E-state index is -0.467. The molecule has 0 spiro atoms. The number of nitrogens with zero attached hydrogens (tertiary/aromatic N) is 1. The van der Waals surface area contributed by atoms with E-state index in [4.69, 9.17) is 27.9 Å². The Morgan fingerprint density at radius 2 is 1.95 bits per heavy atom. The van der Waals surface area contributed by atoms with Crippen LogP contribution in [0, 0.1) is 0 Å². The van der Waals surface area contributed by atoms with Gasteiger partial charge in [0.1, 0.15) is 6.54 Å². The Morgan fingerprint density at radius 3 is 2.59 bits per heavy atom. The van der Waals surface area contributed by atoms with Crippen molar-refractivity contribution in [1.82, 2.24) is 4.90 Å². The zero-order valence-electron chi connectivity index (χ0n) is 12.6. The quantitative estimate of drug-likeness (QED) is 0.678. The molecule has 0 heterocycles. The zero-order chi connectivity index (χ0) is 16.5. The number of hydrogen-bond donors (Lipinski definition) is 0. The van der Waals surface area contributed by atoms with Crippen molar-refractivity contribution in [2.75, 3.05) is 33.9 Å². The number of ether oxygens (including phenoxy) is 2. The van der Waals surface area contributed by atoms with Crippen LogP contribution < -0.4 is 0 Å². The van der Waals surface area contributed by atoms with Crippen molar-refractivity contribution in [1.29, 1.82) is 0 Å². The maximum absolute atomic E-state index is 12.3. The highest BCUT2D eigenvalue weighted by molar-refractivity contribution is 6.42. The van der Waals surface area contributed by atoms with Gasteiger partial charge in [0.25, 0.3) is 0 Å². The van der Waals surface area contributed by atoms with Crippen LogP contribution in [0.5, 0.6) is 0 Å². The largest absolute Gasteiger partial charge is 0.468 e. The number of halogens is 2. The van der Waals surface area contributed by atoms with E-state index in [1.807, 2.05) is 6.07 Å². The van der Waals surface area contributed by atoms with Crippen molar-refractivity contribution in [2.45, 2.75) is 12.8 Å². The SMILES string of the molecule is COCCN(CC(=O)OC)C(=O)CCc1cccc(Cl)c1Cl. The van der Waals surface area contributed by atoms with E-state index in [2.05, 4.69) is 4.74 Å². The second-order valence-electron chi connectivity index (χ2n) is 4.60. The number of methoxy groups -OCH3 is 2. The molecule has 1 amide bonds. The minimum Gasteiger partial charge on any atom is -0.468 e. The number of carbonyl (C=O) groups is 2. The molecule has 22 heavy (non-hydrogen) atoms. The fraction of sp³-hybridized carbons (Fsp3) is 0.467. The van der Waals surface area contributed by atoms with Crippen molar-refractivity contribution in [2.24, 2.45) is 0 Å². The standard InChI is InChI=1S/C15H19Cl2NO4/c1-21-9-8-18(10-14(20)22-2)13(19)7-6-11-4-3-5-12(16)15(11)17/h3-5H,6-10H2,1-2H3. The molecule has 7 heteroatoms. The summed E-state index contributed by atoms with van der Waals surface area (Å²) in [6.07, 6.45) is 0.670. The lowest BCUT2D eigenvalue weighted by molar-refractivity contribution is -0.147. The Kier molecular flexibility index (Phi) is 8.24. The second-order valence-corrected chi connectivity index (χ2v) is 5.38. The molecule has 5 nitrogen and oxygen atoms in total. The first-order chi connectivity index (χ1) is 10.5.